The van der Waals surface area contributed by atoms with Crippen LogP contribution in [0.2, 0.25) is 12.1 Å². The summed E-state index contributed by atoms with van der Waals surface area (Å²) in [6.45, 7) is 18.3. The Morgan fingerprint density at radius 1 is 0.730 bits per heavy atom. The van der Waals surface area contributed by atoms with Gasteiger partial charge in [-0.25, -0.2) is 0 Å². The third kappa shape index (κ3) is 4.38. The van der Waals surface area contributed by atoms with Gasteiger partial charge < -0.3 is 5.11 Å². The fourth-order valence-corrected chi connectivity index (χ4v) is 8.52. The molecule has 0 radical (unpaired) electrons. The van der Waals surface area contributed by atoms with Crippen LogP contribution in [0.25, 0.3) is 16.7 Å². The molecule has 0 bridgehead atoms. The summed E-state index contributed by atoms with van der Waals surface area (Å²) in [6.07, 6.45) is 0.889. The SMILES string of the molecule is CC[Si](CC)=C1Cc2ccccc2C(C2c3ccc(C(C)(C)C)cc3-c3cc(C(C)(C)C)ccc32)=C1O. The first-order valence-electron chi connectivity index (χ1n) is 14.0. The molecule has 0 amide bonds. The van der Waals surface area contributed by atoms with E-state index in [0.29, 0.717) is 5.76 Å². The molecule has 37 heavy (non-hydrogen) atoms. The zero-order chi connectivity index (χ0) is 26.7. The lowest BCUT2D eigenvalue weighted by molar-refractivity contribution is 0.442. The van der Waals surface area contributed by atoms with Crippen LogP contribution in [-0.2, 0) is 17.3 Å². The second-order valence-electron chi connectivity index (χ2n) is 12.9. The van der Waals surface area contributed by atoms with E-state index in [0.717, 1.165) is 24.1 Å². The fourth-order valence-electron chi connectivity index (χ4n) is 6.26. The van der Waals surface area contributed by atoms with Gasteiger partial charge in [0.2, 0.25) is 0 Å². The van der Waals surface area contributed by atoms with Crippen LogP contribution in [0.1, 0.15) is 94.7 Å². The first-order valence-corrected chi connectivity index (χ1v) is 15.9. The number of fused-ring (bicyclic) bond motifs is 4. The molecule has 3 aromatic rings. The molecule has 0 aliphatic heterocycles. The minimum absolute atomic E-state index is 0.0430. The summed E-state index contributed by atoms with van der Waals surface area (Å²) in [4.78, 5) is 0. The lowest BCUT2D eigenvalue weighted by Gasteiger charge is -2.29. The van der Waals surface area contributed by atoms with Crippen molar-refractivity contribution in [3.63, 3.8) is 0 Å². The first-order chi connectivity index (χ1) is 17.5. The molecule has 3 aromatic carbocycles. The van der Waals surface area contributed by atoms with Gasteiger partial charge in [-0.2, -0.15) is 0 Å². The largest absolute Gasteiger partial charge is 0.508 e. The molecule has 2 aliphatic rings. The minimum Gasteiger partial charge on any atom is -0.508 e. The second kappa shape index (κ2) is 9.24. The van der Waals surface area contributed by atoms with E-state index in [4.69, 9.17) is 0 Å². The molecule has 0 fully saturated rings. The summed E-state index contributed by atoms with van der Waals surface area (Å²) in [5, 5.41) is 13.4. The smallest absolute Gasteiger partial charge is 0.119 e. The Labute approximate surface area is 225 Å². The number of allylic oxidation sites excluding steroid dienone is 2. The van der Waals surface area contributed by atoms with Gasteiger partial charge in [0.1, 0.15) is 5.76 Å². The van der Waals surface area contributed by atoms with Crippen LogP contribution in [0.15, 0.2) is 66.4 Å². The van der Waals surface area contributed by atoms with E-state index >= 15 is 0 Å². The van der Waals surface area contributed by atoms with Crippen LogP contribution in [0.5, 0.6) is 0 Å². The molecule has 1 N–H and O–H groups in total. The molecule has 0 saturated heterocycles. The lowest BCUT2D eigenvalue weighted by Crippen LogP contribution is -2.26. The summed E-state index contributed by atoms with van der Waals surface area (Å²) >= 11 is 0. The normalized spacial score (nSPS) is 15.5. The Balaban J connectivity index is 1.84. The quantitative estimate of drug-likeness (QED) is 0.351. The summed E-state index contributed by atoms with van der Waals surface area (Å²) in [5.74, 6) is 0.626. The van der Waals surface area contributed by atoms with Gasteiger partial charge in [0.05, 0.1) is 0 Å². The maximum atomic E-state index is 12.1. The number of hydrogen-bond donors (Lipinski definition) is 1. The Morgan fingerprint density at radius 2 is 1.24 bits per heavy atom. The molecule has 1 nitrogen and oxygen atoms in total. The van der Waals surface area contributed by atoms with Gasteiger partial charge in [-0.05, 0) is 79.0 Å². The van der Waals surface area contributed by atoms with E-state index in [1.807, 2.05) is 0 Å². The average molecular weight is 507 g/mol. The van der Waals surface area contributed by atoms with E-state index in [1.165, 1.54) is 49.7 Å². The summed E-state index contributed by atoms with van der Waals surface area (Å²) in [7, 11) is -0.772. The van der Waals surface area contributed by atoms with Crippen molar-refractivity contribution in [1.29, 1.82) is 0 Å². The van der Waals surface area contributed by atoms with Crippen molar-refractivity contribution < 1.29 is 5.11 Å². The van der Waals surface area contributed by atoms with Gasteiger partial charge >= 0.3 is 0 Å². The molecule has 0 spiro atoms. The maximum absolute atomic E-state index is 12.1. The molecule has 0 atom stereocenters. The highest BCUT2D eigenvalue weighted by atomic mass is 28.2. The van der Waals surface area contributed by atoms with E-state index in [2.05, 4.69) is 116 Å². The van der Waals surface area contributed by atoms with Gasteiger partial charge in [-0.1, -0.05) is 116 Å². The molecule has 5 rings (SSSR count). The van der Waals surface area contributed by atoms with Crippen molar-refractivity contribution in [3.05, 3.63) is 99.8 Å². The predicted molar refractivity (Wildman–Crippen MR) is 163 cm³/mol. The van der Waals surface area contributed by atoms with E-state index in [9.17, 15) is 5.11 Å². The van der Waals surface area contributed by atoms with E-state index in [1.54, 1.807) is 0 Å². The van der Waals surface area contributed by atoms with Crippen molar-refractivity contribution in [3.8, 4) is 11.1 Å². The van der Waals surface area contributed by atoms with Gasteiger partial charge in [0, 0.05) is 19.9 Å². The number of aliphatic hydroxyl groups is 1. The molecule has 2 aliphatic carbocycles. The van der Waals surface area contributed by atoms with Crippen molar-refractivity contribution >= 4 is 19.2 Å². The van der Waals surface area contributed by atoms with Gasteiger partial charge in [-0.15, -0.1) is 0 Å². The molecule has 0 unspecified atom stereocenters. The van der Waals surface area contributed by atoms with Crippen molar-refractivity contribution in [2.24, 2.45) is 0 Å². The highest BCUT2D eigenvalue weighted by Crippen LogP contribution is 2.54. The number of hydrogen-bond acceptors (Lipinski definition) is 1. The molecule has 192 valence electrons. The van der Waals surface area contributed by atoms with Gasteiger partial charge in [0.25, 0.3) is 0 Å². The number of benzene rings is 3. The monoisotopic (exact) mass is 506 g/mol. The predicted octanol–water partition coefficient (Wildman–Crippen LogP) is 9.21. The van der Waals surface area contributed by atoms with Crippen LogP contribution in [0.4, 0.5) is 0 Å². The van der Waals surface area contributed by atoms with Crippen LogP contribution < -0.4 is 0 Å². The molecule has 0 saturated carbocycles. The summed E-state index contributed by atoms with van der Waals surface area (Å²) in [6, 6.07) is 25.2. The molecule has 0 aromatic heterocycles. The third-order valence-electron chi connectivity index (χ3n) is 8.54. The van der Waals surface area contributed by atoms with Crippen molar-refractivity contribution in [2.75, 3.05) is 0 Å². The van der Waals surface area contributed by atoms with Gasteiger partial charge in [0.15, 0.2) is 0 Å². The zero-order valence-corrected chi connectivity index (χ0v) is 24.9. The van der Waals surface area contributed by atoms with Crippen LogP contribution >= 0.6 is 0 Å². The topological polar surface area (TPSA) is 20.2 Å². The highest BCUT2D eigenvalue weighted by Gasteiger charge is 2.38. The summed E-state index contributed by atoms with van der Waals surface area (Å²) < 4.78 is 0. The second-order valence-corrected chi connectivity index (χ2v) is 16.1. The Bertz CT molecular complexity index is 1370. The van der Waals surface area contributed by atoms with Crippen LogP contribution in [-0.4, -0.2) is 18.7 Å². The number of aliphatic hydroxyl groups excluding tert-OH is 1. The Hall–Kier alpha value is -2.71. The molecule has 2 heteroatoms. The van der Waals surface area contributed by atoms with Crippen LogP contribution in [0.3, 0.4) is 0 Å². The first kappa shape index (κ1) is 25.9. The Morgan fingerprint density at radius 3 is 1.73 bits per heavy atom. The maximum Gasteiger partial charge on any atom is 0.119 e. The molecular weight excluding hydrogens is 464 g/mol. The average Bonchev–Trinajstić information content (AvgIpc) is 3.17. The number of rotatable bonds is 3. The molecular formula is C35H42OSi. The van der Waals surface area contributed by atoms with E-state index < -0.39 is 8.41 Å². The third-order valence-corrected chi connectivity index (χ3v) is 11.5. The standard InChI is InChI=1S/C35H42OSi/c1-9-37(10-2)30-19-22-13-11-12-14-25(22)32(33(30)36)31-26-17-15-23(34(3,4)5)20-28(26)29-21-24(35(6,7)8)16-18-27(29)31/h11-18,20-21,31,36H,9-10,19H2,1-8H3. The molecule has 0 heterocycles. The fraction of sp³-hybridized carbons (Fsp3) is 0.400. The van der Waals surface area contributed by atoms with Crippen molar-refractivity contribution in [1.82, 2.24) is 0 Å². The van der Waals surface area contributed by atoms with Crippen molar-refractivity contribution in [2.45, 2.75) is 90.6 Å². The highest BCUT2D eigenvalue weighted by molar-refractivity contribution is 6.74. The Kier molecular flexibility index (Phi) is 6.47. The van der Waals surface area contributed by atoms with E-state index in [-0.39, 0.29) is 16.7 Å². The van der Waals surface area contributed by atoms with Crippen LogP contribution in [0, 0.1) is 0 Å². The summed E-state index contributed by atoms with van der Waals surface area (Å²) in [5.41, 5.74) is 11.9. The zero-order valence-electron chi connectivity index (χ0n) is 23.9. The van der Waals surface area contributed by atoms with Gasteiger partial charge in [-0.3, -0.25) is 0 Å². The minimum atomic E-state index is -0.772. The lowest BCUT2D eigenvalue weighted by atomic mass is 9.77.